The van der Waals surface area contributed by atoms with Crippen LogP contribution in [0.2, 0.25) is 0 Å². The van der Waals surface area contributed by atoms with E-state index in [2.05, 4.69) is 15.6 Å². The van der Waals surface area contributed by atoms with Crippen LogP contribution in [0.4, 0.5) is 5.69 Å². The van der Waals surface area contributed by atoms with Crippen molar-refractivity contribution in [3.05, 3.63) is 24.0 Å². The van der Waals surface area contributed by atoms with Gasteiger partial charge in [0.1, 0.15) is 13.1 Å². The zero-order valence-corrected chi connectivity index (χ0v) is 10.5. The summed E-state index contributed by atoms with van der Waals surface area (Å²) in [5.74, 6) is -1.30. The van der Waals surface area contributed by atoms with Gasteiger partial charge in [-0.2, -0.15) is 0 Å². The number of imide groups is 1. The molecule has 1 aliphatic heterocycles. The van der Waals surface area contributed by atoms with Crippen LogP contribution in [0, 0.1) is 0 Å². The van der Waals surface area contributed by atoms with Gasteiger partial charge in [0.15, 0.2) is 0 Å². The third kappa shape index (κ3) is 2.87. The van der Waals surface area contributed by atoms with Crippen molar-refractivity contribution in [3.8, 4) is 0 Å². The van der Waals surface area contributed by atoms with E-state index in [1.54, 1.807) is 12.3 Å². The number of pyridine rings is 1. The lowest BCUT2D eigenvalue weighted by Gasteiger charge is -2.26. The summed E-state index contributed by atoms with van der Waals surface area (Å²) in [5, 5.41) is 5.18. The summed E-state index contributed by atoms with van der Waals surface area (Å²) in [4.78, 5) is 40.0. The lowest BCUT2D eigenvalue weighted by molar-refractivity contribution is -0.135. The number of nitrogens with one attached hydrogen (secondary N) is 2. The molecule has 1 saturated heterocycles. The molecule has 0 aliphatic carbocycles. The van der Waals surface area contributed by atoms with Gasteiger partial charge in [-0.3, -0.25) is 24.7 Å². The number of rotatable bonds is 3. The lowest BCUT2D eigenvalue weighted by atomic mass is 10.2. The zero-order chi connectivity index (χ0) is 13.8. The maximum absolute atomic E-state index is 12.3. The van der Waals surface area contributed by atoms with Gasteiger partial charge < -0.3 is 10.2 Å². The standard InChI is InChI=1S/C12H14N4O3/c1-2-14-9-5-13-4-3-8(9)12(19)16-6-10(17)15-11(18)7-16/h3-5,14H,2,6-7H2,1H3,(H,15,17,18). The first-order valence-electron chi connectivity index (χ1n) is 5.91. The number of nitrogens with zero attached hydrogens (tertiary/aromatic N) is 2. The number of anilines is 1. The van der Waals surface area contributed by atoms with Crippen molar-refractivity contribution in [2.45, 2.75) is 6.92 Å². The second-order valence-corrected chi connectivity index (χ2v) is 4.08. The van der Waals surface area contributed by atoms with Gasteiger partial charge in [0.05, 0.1) is 17.4 Å². The Labute approximate surface area is 110 Å². The number of hydrogen-bond donors (Lipinski definition) is 2. The summed E-state index contributed by atoms with van der Waals surface area (Å²) >= 11 is 0. The number of aromatic nitrogens is 1. The first-order chi connectivity index (χ1) is 9.11. The minimum Gasteiger partial charge on any atom is -0.383 e. The number of carbonyl (C=O) groups is 3. The fourth-order valence-electron chi connectivity index (χ4n) is 1.86. The van der Waals surface area contributed by atoms with Crippen molar-refractivity contribution in [1.82, 2.24) is 15.2 Å². The highest BCUT2D eigenvalue weighted by atomic mass is 16.2. The summed E-state index contributed by atoms with van der Waals surface area (Å²) < 4.78 is 0. The maximum Gasteiger partial charge on any atom is 0.257 e. The molecular weight excluding hydrogens is 248 g/mol. The fraction of sp³-hybridized carbons (Fsp3) is 0.333. The minimum atomic E-state index is -0.469. The Bertz CT molecular complexity index is 513. The topological polar surface area (TPSA) is 91.4 Å². The van der Waals surface area contributed by atoms with Crippen molar-refractivity contribution in [3.63, 3.8) is 0 Å². The highest BCUT2D eigenvalue weighted by molar-refractivity contribution is 6.07. The average molecular weight is 262 g/mol. The normalized spacial score (nSPS) is 15.1. The number of hydrogen-bond acceptors (Lipinski definition) is 5. The predicted octanol–water partition coefficient (Wildman–Crippen LogP) is -0.388. The second-order valence-electron chi connectivity index (χ2n) is 4.08. The molecule has 0 aromatic carbocycles. The average Bonchev–Trinajstić information content (AvgIpc) is 2.38. The van der Waals surface area contributed by atoms with E-state index in [4.69, 9.17) is 0 Å². The molecular formula is C12H14N4O3. The first-order valence-corrected chi connectivity index (χ1v) is 5.91. The van der Waals surface area contributed by atoms with Crippen LogP contribution >= 0.6 is 0 Å². The molecule has 1 fully saturated rings. The maximum atomic E-state index is 12.3. The number of amides is 3. The van der Waals surface area contributed by atoms with Crippen LogP contribution in [-0.2, 0) is 9.59 Å². The predicted molar refractivity (Wildman–Crippen MR) is 67.5 cm³/mol. The fourth-order valence-corrected chi connectivity index (χ4v) is 1.86. The monoisotopic (exact) mass is 262 g/mol. The Balaban J connectivity index is 2.24. The molecule has 2 N–H and O–H groups in total. The Morgan fingerprint density at radius 3 is 2.74 bits per heavy atom. The van der Waals surface area contributed by atoms with Crippen molar-refractivity contribution in [1.29, 1.82) is 0 Å². The van der Waals surface area contributed by atoms with Gasteiger partial charge in [0.25, 0.3) is 5.91 Å². The summed E-state index contributed by atoms with van der Waals surface area (Å²) in [5.41, 5.74) is 0.993. The Kier molecular flexibility index (Phi) is 3.74. The third-order valence-corrected chi connectivity index (χ3v) is 2.65. The highest BCUT2D eigenvalue weighted by Gasteiger charge is 2.28. The molecule has 1 aromatic heterocycles. The van der Waals surface area contributed by atoms with Crippen LogP contribution in [0.15, 0.2) is 18.5 Å². The van der Waals surface area contributed by atoms with Crippen LogP contribution in [0.25, 0.3) is 0 Å². The van der Waals surface area contributed by atoms with Crippen molar-refractivity contribution >= 4 is 23.4 Å². The molecule has 0 bridgehead atoms. The number of piperazine rings is 1. The molecule has 2 rings (SSSR count). The van der Waals surface area contributed by atoms with Gasteiger partial charge in [-0.05, 0) is 13.0 Å². The molecule has 0 radical (unpaired) electrons. The van der Waals surface area contributed by atoms with Crippen LogP contribution < -0.4 is 10.6 Å². The molecule has 2 heterocycles. The summed E-state index contributed by atoms with van der Waals surface area (Å²) in [6, 6.07) is 1.57. The molecule has 7 nitrogen and oxygen atoms in total. The van der Waals surface area contributed by atoms with E-state index in [1.165, 1.54) is 11.1 Å². The summed E-state index contributed by atoms with van der Waals surface area (Å²) in [6.07, 6.45) is 3.04. The SMILES string of the molecule is CCNc1cnccc1C(=O)N1CC(=O)NC(=O)C1. The van der Waals surface area contributed by atoms with Gasteiger partial charge in [-0.1, -0.05) is 0 Å². The van der Waals surface area contributed by atoms with E-state index >= 15 is 0 Å². The molecule has 0 unspecified atom stereocenters. The van der Waals surface area contributed by atoms with E-state index < -0.39 is 11.8 Å². The van der Waals surface area contributed by atoms with E-state index in [0.717, 1.165) is 0 Å². The third-order valence-electron chi connectivity index (χ3n) is 2.65. The van der Waals surface area contributed by atoms with Gasteiger partial charge in [0.2, 0.25) is 11.8 Å². The van der Waals surface area contributed by atoms with E-state index in [9.17, 15) is 14.4 Å². The van der Waals surface area contributed by atoms with Gasteiger partial charge in [-0.15, -0.1) is 0 Å². The smallest absolute Gasteiger partial charge is 0.257 e. The van der Waals surface area contributed by atoms with Crippen LogP contribution in [0.3, 0.4) is 0 Å². The molecule has 0 atom stereocenters. The quantitative estimate of drug-likeness (QED) is 0.724. The molecule has 100 valence electrons. The Morgan fingerprint density at radius 2 is 2.11 bits per heavy atom. The van der Waals surface area contributed by atoms with Crippen molar-refractivity contribution in [2.75, 3.05) is 25.0 Å². The van der Waals surface area contributed by atoms with E-state index in [-0.39, 0.29) is 19.0 Å². The molecule has 1 aromatic rings. The highest BCUT2D eigenvalue weighted by Crippen LogP contribution is 2.16. The van der Waals surface area contributed by atoms with Crippen LogP contribution in [-0.4, -0.2) is 47.2 Å². The van der Waals surface area contributed by atoms with Gasteiger partial charge in [0, 0.05) is 12.7 Å². The van der Waals surface area contributed by atoms with Crippen LogP contribution in [0.1, 0.15) is 17.3 Å². The minimum absolute atomic E-state index is 0.113. The lowest BCUT2D eigenvalue weighted by Crippen LogP contribution is -2.53. The van der Waals surface area contributed by atoms with E-state index in [1.807, 2.05) is 6.92 Å². The molecule has 7 heteroatoms. The summed E-state index contributed by atoms with van der Waals surface area (Å²) in [7, 11) is 0. The van der Waals surface area contributed by atoms with Gasteiger partial charge >= 0.3 is 0 Å². The van der Waals surface area contributed by atoms with Crippen molar-refractivity contribution < 1.29 is 14.4 Å². The second kappa shape index (κ2) is 5.47. The molecule has 0 spiro atoms. The zero-order valence-electron chi connectivity index (χ0n) is 10.5. The largest absolute Gasteiger partial charge is 0.383 e. The number of carbonyl (C=O) groups excluding carboxylic acids is 3. The summed E-state index contributed by atoms with van der Waals surface area (Å²) in [6.45, 7) is 2.32. The molecule has 1 aliphatic rings. The van der Waals surface area contributed by atoms with Crippen molar-refractivity contribution in [2.24, 2.45) is 0 Å². The molecule has 19 heavy (non-hydrogen) atoms. The Morgan fingerprint density at radius 1 is 1.42 bits per heavy atom. The first kappa shape index (κ1) is 13.0. The molecule has 3 amide bonds. The van der Waals surface area contributed by atoms with E-state index in [0.29, 0.717) is 17.8 Å². The van der Waals surface area contributed by atoms with Gasteiger partial charge in [-0.25, -0.2) is 0 Å². The Hall–Kier alpha value is -2.44. The molecule has 0 saturated carbocycles. The van der Waals surface area contributed by atoms with Crippen LogP contribution in [0.5, 0.6) is 0 Å².